The van der Waals surface area contributed by atoms with Crippen molar-refractivity contribution < 1.29 is 5.11 Å². The number of benzene rings is 1. The first-order chi connectivity index (χ1) is 8.20. The summed E-state index contributed by atoms with van der Waals surface area (Å²) >= 11 is 0. The summed E-state index contributed by atoms with van der Waals surface area (Å²) in [6.45, 7) is 8.37. The zero-order valence-corrected chi connectivity index (χ0v) is 10.7. The highest BCUT2D eigenvalue weighted by atomic mass is 16.3. The standard InChI is InChI=1S/C14H22N2O/c1-3-6-16(13-8-15-9-13)10-12-7-11(2)4-5-14(12)17/h4-5,7,13,15,17H,3,6,8-10H2,1-2H3. The third-order valence-corrected chi connectivity index (χ3v) is 3.40. The van der Waals surface area contributed by atoms with E-state index in [1.807, 2.05) is 6.07 Å². The molecule has 0 saturated carbocycles. The molecule has 0 aromatic heterocycles. The van der Waals surface area contributed by atoms with Gasteiger partial charge in [-0.1, -0.05) is 24.6 Å². The molecule has 17 heavy (non-hydrogen) atoms. The van der Waals surface area contributed by atoms with E-state index >= 15 is 0 Å². The first-order valence-corrected chi connectivity index (χ1v) is 6.44. The molecule has 0 aliphatic carbocycles. The number of hydrogen-bond acceptors (Lipinski definition) is 3. The fraction of sp³-hybridized carbons (Fsp3) is 0.571. The highest BCUT2D eigenvalue weighted by molar-refractivity contribution is 5.35. The number of phenols is 1. The van der Waals surface area contributed by atoms with Crippen molar-refractivity contribution >= 4 is 0 Å². The molecule has 2 N–H and O–H groups in total. The summed E-state index contributed by atoms with van der Waals surface area (Å²) in [4.78, 5) is 2.46. The fourth-order valence-electron chi connectivity index (χ4n) is 2.27. The van der Waals surface area contributed by atoms with Gasteiger partial charge >= 0.3 is 0 Å². The number of nitrogens with one attached hydrogen (secondary N) is 1. The van der Waals surface area contributed by atoms with Crippen LogP contribution in [0.1, 0.15) is 24.5 Å². The predicted octanol–water partition coefficient (Wildman–Crippen LogP) is 1.88. The van der Waals surface area contributed by atoms with Gasteiger partial charge in [0.05, 0.1) is 0 Å². The summed E-state index contributed by atoms with van der Waals surface area (Å²) in [6, 6.07) is 6.47. The number of hydrogen-bond donors (Lipinski definition) is 2. The Morgan fingerprint density at radius 2 is 2.18 bits per heavy atom. The Hall–Kier alpha value is -1.06. The van der Waals surface area contributed by atoms with E-state index in [0.717, 1.165) is 38.2 Å². The Morgan fingerprint density at radius 1 is 1.41 bits per heavy atom. The van der Waals surface area contributed by atoms with Crippen LogP contribution in [-0.4, -0.2) is 35.7 Å². The van der Waals surface area contributed by atoms with Crippen LogP contribution in [0.5, 0.6) is 5.75 Å². The lowest BCUT2D eigenvalue weighted by Crippen LogP contribution is -2.56. The average molecular weight is 234 g/mol. The summed E-state index contributed by atoms with van der Waals surface area (Å²) < 4.78 is 0. The molecule has 1 heterocycles. The number of rotatable bonds is 5. The fourth-order valence-corrected chi connectivity index (χ4v) is 2.27. The second-order valence-corrected chi connectivity index (χ2v) is 4.91. The highest BCUT2D eigenvalue weighted by Crippen LogP contribution is 2.21. The third-order valence-electron chi connectivity index (χ3n) is 3.40. The Kier molecular flexibility index (Phi) is 4.02. The second-order valence-electron chi connectivity index (χ2n) is 4.91. The SMILES string of the molecule is CCCN(Cc1cc(C)ccc1O)C1CNC1. The Balaban J connectivity index is 2.07. The number of aryl methyl sites for hydroxylation is 1. The summed E-state index contributed by atoms with van der Waals surface area (Å²) in [6.07, 6.45) is 1.16. The molecule has 0 radical (unpaired) electrons. The van der Waals surface area contributed by atoms with Crippen molar-refractivity contribution in [1.82, 2.24) is 10.2 Å². The summed E-state index contributed by atoms with van der Waals surface area (Å²) in [5.74, 6) is 0.420. The number of aromatic hydroxyl groups is 1. The van der Waals surface area contributed by atoms with E-state index in [1.165, 1.54) is 5.56 Å². The van der Waals surface area contributed by atoms with Gasteiger partial charge in [0.1, 0.15) is 5.75 Å². The maximum absolute atomic E-state index is 9.88. The molecule has 0 unspecified atom stereocenters. The molecule has 1 saturated heterocycles. The molecular weight excluding hydrogens is 212 g/mol. The van der Waals surface area contributed by atoms with Gasteiger partial charge in [0.2, 0.25) is 0 Å². The molecule has 2 rings (SSSR count). The van der Waals surface area contributed by atoms with Crippen LogP contribution in [0.25, 0.3) is 0 Å². The number of nitrogens with zero attached hydrogens (tertiary/aromatic N) is 1. The van der Waals surface area contributed by atoms with Crippen LogP contribution in [0.15, 0.2) is 18.2 Å². The average Bonchev–Trinajstić information content (AvgIpc) is 2.21. The van der Waals surface area contributed by atoms with Gasteiger partial charge in [-0.2, -0.15) is 0 Å². The summed E-state index contributed by atoms with van der Waals surface area (Å²) in [7, 11) is 0. The van der Waals surface area contributed by atoms with E-state index in [4.69, 9.17) is 0 Å². The molecule has 1 aliphatic heterocycles. The molecule has 0 amide bonds. The zero-order valence-electron chi connectivity index (χ0n) is 10.7. The molecule has 0 spiro atoms. The van der Waals surface area contributed by atoms with E-state index in [9.17, 15) is 5.11 Å². The lowest BCUT2D eigenvalue weighted by Gasteiger charge is -2.38. The van der Waals surface area contributed by atoms with Gasteiger partial charge in [0, 0.05) is 31.2 Å². The maximum atomic E-state index is 9.88. The molecule has 1 aliphatic rings. The molecule has 1 aromatic carbocycles. The molecule has 0 atom stereocenters. The van der Waals surface area contributed by atoms with Crippen molar-refractivity contribution in [3.63, 3.8) is 0 Å². The molecular formula is C14H22N2O. The van der Waals surface area contributed by atoms with Crippen LogP contribution in [0, 0.1) is 6.92 Å². The Bertz CT molecular complexity index is 374. The minimum Gasteiger partial charge on any atom is -0.508 e. The van der Waals surface area contributed by atoms with Gasteiger partial charge in [0.15, 0.2) is 0 Å². The lowest BCUT2D eigenvalue weighted by atomic mass is 10.1. The number of phenolic OH excluding ortho intramolecular Hbond substituents is 1. The zero-order chi connectivity index (χ0) is 12.3. The van der Waals surface area contributed by atoms with Crippen LogP contribution >= 0.6 is 0 Å². The molecule has 1 fully saturated rings. The minimum atomic E-state index is 0.420. The van der Waals surface area contributed by atoms with E-state index < -0.39 is 0 Å². The quantitative estimate of drug-likeness (QED) is 0.816. The van der Waals surface area contributed by atoms with E-state index in [1.54, 1.807) is 6.07 Å². The molecule has 94 valence electrons. The van der Waals surface area contributed by atoms with E-state index in [0.29, 0.717) is 11.8 Å². The molecule has 1 aromatic rings. The Morgan fingerprint density at radius 3 is 2.76 bits per heavy atom. The van der Waals surface area contributed by atoms with Crippen LogP contribution in [0.3, 0.4) is 0 Å². The predicted molar refractivity (Wildman–Crippen MR) is 70.2 cm³/mol. The largest absolute Gasteiger partial charge is 0.508 e. The smallest absolute Gasteiger partial charge is 0.120 e. The van der Waals surface area contributed by atoms with Crippen molar-refractivity contribution in [1.29, 1.82) is 0 Å². The van der Waals surface area contributed by atoms with Crippen LogP contribution in [0.4, 0.5) is 0 Å². The monoisotopic (exact) mass is 234 g/mol. The highest BCUT2D eigenvalue weighted by Gasteiger charge is 2.24. The van der Waals surface area contributed by atoms with Crippen LogP contribution in [-0.2, 0) is 6.54 Å². The van der Waals surface area contributed by atoms with Gasteiger partial charge in [-0.05, 0) is 26.0 Å². The van der Waals surface area contributed by atoms with Gasteiger partial charge in [-0.15, -0.1) is 0 Å². The van der Waals surface area contributed by atoms with E-state index in [2.05, 4.69) is 30.1 Å². The van der Waals surface area contributed by atoms with Crippen molar-refractivity contribution in [3.05, 3.63) is 29.3 Å². The normalized spacial score (nSPS) is 16.2. The minimum absolute atomic E-state index is 0.420. The van der Waals surface area contributed by atoms with E-state index in [-0.39, 0.29) is 0 Å². The van der Waals surface area contributed by atoms with Crippen molar-refractivity contribution in [2.75, 3.05) is 19.6 Å². The van der Waals surface area contributed by atoms with Crippen molar-refractivity contribution in [3.8, 4) is 5.75 Å². The second kappa shape index (κ2) is 5.52. The van der Waals surface area contributed by atoms with Crippen LogP contribution in [0.2, 0.25) is 0 Å². The van der Waals surface area contributed by atoms with Gasteiger partial charge in [-0.25, -0.2) is 0 Å². The molecule has 3 nitrogen and oxygen atoms in total. The lowest BCUT2D eigenvalue weighted by molar-refractivity contribution is 0.136. The summed E-state index contributed by atoms with van der Waals surface area (Å²) in [5.41, 5.74) is 2.26. The first-order valence-electron chi connectivity index (χ1n) is 6.44. The van der Waals surface area contributed by atoms with Crippen molar-refractivity contribution in [2.24, 2.45) is 0 Å². The van der Waals surface area contributed by atoms with Gasteiger partial charge in [-0.3, -0.25) is 4.90 Å². The van der Waals surface area contributed by atoms with Gasteiger partial charge < -0.3 is 10.4 Å². The Labute approximate surface area is 103 Å². The van der Waals surface area contributed by atoms with Crippen molar-refractivity contribution in [2.45, 2.75) is 32.9 Å². The molecule has 3 heteroatoms. The summed E-state index contributed by atoms with van der Waals surface area (Å²) in [5, 5.41) is 13.2. The maximum Gasteiger partial charge on any atom is 0.120 e. The topological polar surface area (TPSA) is 35.5 Å². The third kappa shape index (κ3) is 2.99. The van der Waals surface area contributed by atoms with Crippen LogP contribution < -0.4 is 5.32 Å². The molecule has 0 bridgehead atoms. The first kappa shape index (κ1) is 12.4. The van der Waals surface area contributed by atoms with Gasteiger partial charge in [0.25, 0.3) is 0 Å².